The van der Waals surface area contributed by atoms with E-state index in [9.17, 15) is 0 Å². The van der Waals surface area contributed by atoms with E-state index >= 15 is 0 Å². The van der Waals surface area contributed by atoms with Crippen molar-refractivity contribution in [1.29, 1.82) is 0 Å². The van der Waals surface area contributed by atoms with Crippen LogP contribution in [-0.2, 0) is 12.8 Å². The molecule has 0 amide bonds. The van der Waals surface area contributed by atoms with E-state index in [4.69, 9.17) is 0 Å². The molecular formula is C50H50. The molecule has 0 spiro atoms. The van der Waals surface area contributed by atoms with Crippen LogP contribution in [0.4, 0.5) is 0 Å². The van der Waals surface area contributed by atoms with E-state index in [0.29, 0.717) is 0 Å². The maximum absolute atomic E-state index is 2.37. The van der Waals surface area contributed by atoms with Gasteiger partial charge in [-0.3, -0.25) is 0 Å². The van der Waals surface area contributed by atoms with Crippen LogP contribution in [-0.4, -0.2) is 0 Å². The summed E-state index contributed by atoms with van der Waals surface area (Å²) < 4.78 is 0. The average molecular weight is 651 g/mol. The van der Waals surface area contributed by atoms with E-state index in [1.54, 1.807) is 0 Å². The Hall–Kier alpha value is -4.94. The lowest BCUT2D eigenvalue weighted by Gasteiger charge is -2.06. The topological polar surface area (TPSA) is 0 Å². The molecule has 0 aliphatic carbocycles. The Bertz CT molecular complexity index is 2130. The number of benzene rings is 7. The third kappa shape index (κ3) is 8.43. The molecule has 0 unspecified atom stereocenters. The molecule has 50 heavy (non-hydrogen) atoms. The quantitative estimate of drug-likeness (QED) is 0.0624. The lowest BCUT2D eigenvalue weighted by molar-refractivity contribution is 0.667. The fourth-order valence-corrected chi connectivity index (χ4v) is 7.28. The van der Waals surface area contributed by atoms with Crippen molar-refractivity contribution in [1.82, 2.24) is 0 Å². The summed E-state index contributed by atoms with van der Waals surface area (Å²) in [5.41, 5.74) is 7.82. The zero-order valence-corrected chi connectivity index (χ0v) is 29.9. The van der Waals surface area contributed by atoms with Gasteiger partial charge < -0.3 is 0 Å². The Morgan fingerprint density at radius 1 is 0.300 bits per heavy atom. The van der Waals surface area contributed by atoms with Crippen molar-refractivity contribution < 1.29 is 0 Å². The Kier molecular flexibility index (Phi) is 10.9. The Morgan fingerprint density at radius 2 is 0.620 bits per heavy atom. The molecule has 0 aromatic heterocycles. The second-order valence-electron chi connectivity index (χ2n) is 14.2. The Labute approximate surface area is 299 Å². The molecule has 0 aliphatic heterocycles. The van der Waals surface area contributed by atoms with Crippen molar-refractivity contribution in [2.45, 2.75) is 78.1 Å². The molecule has 0 aliphatic rings. The highest BCUT2D eigenvalue weighted by Gasteiger charge is 2.03. The van der Waals surface area contributed by atoms with Crippen LogP contribution >= 0.6 is 0 Å². The van der Waals surface area contributed by atoms with Crippen LogP contribution in [0.15, 0.2) is 121 Å². The van der Waals surface area contributed by atoms with Gasteiger partial charge in [-0.05, 0) is 139 Å². The largest absolute Gasteiger partial charge is 0.0654 e. The van der Waals surface area contributed by atoms with Crippen LogP contribution in [0.2, 0.25) is 0 Å². The van der Waals surface area contributed by atoms with Gasteiger partial charge in [0, 0.05) is 0 Å². The van der Waals surface area contributed by atoms with Crippen LogP contribution in [0.5, 0.6) is 0 Å². The van der Waals surface area contributed by atoms with E-state index in [0.717, 1.165) is 0 Å². The summed E-state index contributed by atoms with van der Waals surface area (Å²) in [6, 6.07) is 45.8. The minimum Gasteiger partial charge on any atom is -0.0654 e. The zero-order valence-electron chi connectivity index (χ0n) is 29.9. The van der Waals surface area contributed by atoms with Crippen LogP contribution in [0, 0.1) is 0 Å². The van der Waals surface area contributed by atoms with Crippen LogP contribution < -0.4 is 0 Å². The van der Waals surface area contributed by atoms with E-state index in [1.807, 2.05) is 0 Å². The highest BCUT2D eigenvalue weighted by molar-refractivity contribution is 6.00. The van der Waals surface area contributed by atoms with Gasteiger partial charge in [0.1, 0.15) is 0 Å². The normalized spacial score (nSPS) is 12.0. The highest BCUT2D eigenvalue weighted by Crippen LogP contribution is 2.27. The van der Waals surface area contributed by atoms with E-state index in [1.165, 1.54) is 141 Å². The molecule has 7 rings (SSSR count). The van der Waals surface area contributed by atoms with E-state index in [-0.39, 0.29) is 0 Å². The summed E-state index contributed by atoms with van der Waals surface area (Å²) >= 11 is 0. The second-order valence-corrected chi connectivity index (χ2v) is 14.2. The SMILES string of the molecule is CCCCCCc1ccc2cc(C=Cc3ccc4cc5cc(C=Cc6ccc7cc(CCCCCC)ccc7c6)ccc5cc4c3)ccc2c1. The lowest BCUT2D eigenvalue weighted by Crippen LogP contribution is -1.86. The molecule has 250 valence electrons. The van der Waals surface area contributed by atoms with E-state index in [2.05, 4.69) is 159 Å². The van der Waals surface area contributed by atoms with Crippen molar-refractivity contribution in [3.8, 4) is 0 Å². The van der Waals surface area contributed by atoms with Crippen LogP contribution in [0.1, 0.15) is 98.6 Å². The van der Waals surface area contributed by atoms with Gasteiger partial charge >= 0.3 is 0 Å². The number of unbranched alkanes of at least 4 members (excludes halogenated alkanes) is 6. The number of fused-ring (bicyclic) bond motifs is 4. The van der Waals surface area contributed by atoms with Crippen molar-refractivity contribution in [3.63, 3.8) is 0 Å². The number of rotatable bonds is 14. The predicted molar refractivity (Wildman–Crippen MR) is 223 cm³/mol. The fourth-order valence-electron chi connectivity index (χ4n) is 7.28. The van der Waals surface area contributed by atoms with Gasteiger partial charge in [-0.15, -0.1) is 0 Å². The third-order valence-corrected chi connectivity index (χ3v) is 10.3. The minimum atomic E-state index is 1.18. The average Bonchev–Trinajstić information content (AvgIpc) is 3.15. The fraction of sp³-hybridized carbons (Fsp3) is 0.240. The zero-order chi connectivity index (χ0) is 34.1. The van der Waals surface area contributed by atoms with Crippen molar-refractivity contribution >= 4 is 67.4 Å². The first kappa shape index (κ1) is 33.6. The number of hydrogen-bond donors (Lipinski definition) is 0. The second kappa shape index (κ2) is 16.2. The van der Waals surface area contributed by atoms with Gasteiger partial charge in [0.05, 0.1) is 0 Å². The van der Waals surface area contributed by atoms with Gasteiger partial charge in [0.15, 0.2) is 0 Å². The summed E-state index contributed by atoms with van der Waals surface area (Å²) in [6.45, 7) is 4.54. The van der Waals surface area contributed by atoms with Gasteiger partial charge in [-0.25, -0.2) is 0 Å². The molecule has 0 heteroatoms. The molecule has 0 nitrogen and oxygen atoms in total. The standard InChI is InChI=1S/C50H50/c1-3-5-7-9-11-37-17-23-45-31-39(19-25-43(45)29-37)13-15-41-21-27-47-36-50-34-42(22-28-48(50)35-49(47)33-41)16-14-40-20-26-44-30-38(12-10-8-6-4-2)18-24-46(44)32-40/h13-36H,3-12H2,1-2H3. The first-order valence-corrected chi connectivity index (χ1v) is 19.0. The van der Waals surface area contributed by atoms with Crippen LogP contribution in [0.3, 0.4) is 0 Å². The third-order valence-electron chi connectivity index (χ3n) is 10.3. The summed E-state index contributed by atoms with van der Waals surface area (Å²) in [4.78, 5) is 0. The van der Waals surface area contributed by atoms with Crippen LogP contribution in [0.25, 0.3) is 67.4 Å². The van der Waals surface area contributed by atoms with E-state index < -0.39 is 0 Å². The highest BCUT2D eigenvalue weighted by atomic mass is 14.1. The molecule has 0 radical (unpaired) electrons. The molecular weight excluding hydrogens is 601 g/mol. The van der Waals surface area contributed by atoms with Crippen molar-refractivity contribution in [3.05, 3.63) is 155 Å². The molecule has 0 saturated heterocycles. The Morgan fingerprint density at radius 3 is 1.00 bits per heavy atom. The summed E-state index contributed by atoms with van der Waals surface area (Å²) in [6.07, 6.45) is 21.8. The molecule has 0 saturated carbocycles. The maximum Gasteiger partial charge on any atom is -0.0172 e. The molecule has 7 aromatic carbocycles. The predicted octanol–water partition coefficient (Wildman–Crippen LogP) is 14.9. The minimum absolute atomic E-state index is 1.18. The molecule has 0 heterocycles. The Balaban J connectivity index is 1.02. The molecule has 0 bridgehead atoms. The summed E-state index contributed by atoms with van der Waals surface area (Å²) in [5, 5.41) is 10.4. The molecule has 7 aromatic rings. The smallest absolute Gasteiger partial charge is 0.0172 e. The van der Waals surface area contributed by atoms with Crippen molar-refractivity contribution in [2.24, 2.45) is 0 Å². The molecule has 0 N–H and O–H groups in total. The first-order chi connectivity index (χ1) is 24.6. The van der Waals surface area contributed by atoms with Gasteiger partial charge in [-0.2, -0.15) is 0 Å². The van der Waals surface area contributed by atoms with Crippen molar-refractivity contribution in [2.75, 3.05) is 0 Å². The lowest BCUT2D eigenvalue weighted by atomic mass is 9.98. The summed E-state index contributed by atoms with van der Waals surface area (Å²) in [5.74, 6) is 0. The molecule has 0 fully saturated rings. The summed E-state index contributed by atoms with van der Waals surface area (Å²) in [7, 11) is 0. The van der Waals surface area contributed by atoms with Gasteiger partial charge in [-0.1, -0.05) is 162 Å². The van der Waals surface area contributed by atoms with Gasteiger partial charge in [0.25, 0.3) is 0 Å². The van der Waals surface area contributed by atoms with Gasteiger partial charge in [0.2, 0.25) is 0 Å². The number of hydrogen-bond acceptors (Lipinski definition) is 0. The first-order valence-electron chi connectivity index (χ1n) is 19.0. The maximum atomic E-state index is 2.37. The molecule has 0 atom stereocenters. The monoisotopic (exact) mass is 650 g/mol. The number of aryl methyl sites for hydroxylation is 2.